The van der Waals surface area contributed by atoms with Gasteiger partial charge in [0.05, 0.1) is 10.6 Å². The molecule has 0 aliphatic carbocycles. The molecule has 31 heavy (non-hydrogen) atoms. The van der Waals surface area contributed by atoms with E-state index in [1.54, 1.807) is 18.7 Å². The van der Waals surface area contributed by atoms with Crippen LogP contribution in [-0.2, 0) is 12.5 Å². The predicted molar refractivity (Wildman–Crippen MR) is 120 cm³/mol. The SMILES string of the molecule is CC(=NNC(=O)c1ccc(C(=O)O)s1)c1nn(C)c(-c2ccc(C(C)(C)C)cc2)c1O. The van der Waals surface area contributed by atoms with E-state index in [-0.39, 0.29) is 26.6 Å². The summed E-state index contributed by atoms with van der Waals surface area (Å²) in [5, 5.41) is 28.1. The minimum Gasteiger partial charge on any atom is -0.504 e. The number of benzene rings is 1. The molecule has 0 fully saturated rings. The molecule has 0 saturated heterocycles. The van der Waals surface area contributed by atoms with Crippen LogP contribution in [0.5, 0.6) is 5.75 Å². The van der Waals surface area contributed by atoms with Gasteiger partial charge in [-0.2, -0.15) is 10.2 Å². The van der Waals surface area contributed by atoms with Crippen molar-refractivity contribution in [3.05, 3.63) is 57.4 Å². The monoisotopic (exact) mass is 440 g/mol. The molecule has 162 valence electrons. The highest BCUT2D eigenvalue weighted by atomic mass is 32.1. The third kappa shape index (κ3) is 4.66. The van der Waals surface area contributed by atoms with Crippen LogP contribution in [0.4, 0.5) is 0 Å². The van der Waals surface area contributed by atoms with Crippen molar-refractivity contribution in [2.45, 2.75) is 33.1 Å². The number of hydrazone groups is 1. The molecule has 2 aromatic heterocycles. The second-order valence-electron chi connectivity index (χ2n) is 8.10. The van der Waals surface area contributed by atoms with Crippen molar-refractivity contribution in [2.75, 3.05) is 0 Å². The maximum atomic E-state index is 12.2. The number of carbonyl (C=O) groups is 2. The smallest absolute Gasteiger partial charge is 0.345 e. The van der Waals surface area contributed by atoms with Gasteiger partial charge in [-0.3, -0.25) is 9.48 Å². The highest BCUT2D eigenvalue weighted by molar-refractivity contribution is 7.15. The molecule has 2 heterocycles. The van der Waals surface area contributed by atoms with Crippen LogP contribution in [0.2, 0.25) is 0 Å². The predicted octanol–water partition coefficient (Wildman–Crippen LogP) is 4.00. The van der Waals surface area contributed by atoms with Gasteiger partial charge in [0.1, 0.15) is 10.6 Å². The van der Waals surface area contributed by atoms with Gasteiger partial charge < -0.3 is 10.2 Å². The van der Waals surface area contributed by atoms with Crippen molar-refractivity contribution in [3.63, 3.8) is 0 Å². The number of aromatic hydroxyl groups is 1. The average molecular weight is 441 g/mol. The van der Waals surface area contributed by atoms with E-state index >= 15 is 0 Å². The standard InChI is InChI=1S/C22H24N4O4S/c1-12(23-24-20(28)15-10-11-16(31-15)21(29)30)17-19(27)18(26(5)25-17)13-6-8-14(9-7-13)22(2,3)4/h6-11,27H,1-5H3,(H,24,28)(H,29,30). The van der Waals surface area contributed by atoms with Crippen LogP contribution in [0.25, 0.3) is 11.3 Å². The highest BCUT2D eigenvalue weighted by Crippen LogP contribution is 2.33. The number of aromatic carboxylic acids is 1. The summed E-state index contributed by atoms with van der Waals surface area (Å²) in [4.78, 5) is 23.5. The van der Waals surface area contributed by atoms with Gasteiger partial charge >= 0.3 is 5.97 Å². The van der Waals surface area contributed by atoms with Crippen LogP contribution < -0.4 is 5.43 Å². The lowest BCUT2D eigenvalue weighted by atomic mass is 9.86. The van der Waals surface area contributed by atoms with Gasteiger partial charge in [0.15, 0.2) is 11.4 Å². The molecule has 8 nitrogen and oxygen atoms in total. The van der Waals surface area contributed by atoms with E-state index in [0.29, 0.717) is 11.4 Å². The molecule has 0 atom stereocenters. The third-order valence-corrected chi connectivity index (χ3v) is 5.83. The zero-order valence-corrected chi connectivity index (χ0v) is 18.7. The van der Waals surface area contributed by atoms with Crippen molar-refractivity contribution >= 4 is 28.9 Å². The second kappa shape index (κ2) is 8.35. The topological polar surface area (TPSA) is 117 Å². The Kier molecular flexibility index (Phi) is 5.99. The minimum absolute atomic E-state index is 0.0213. The van der Waals surface area contributed by atoms with Gasteiger partial charge in [0, 0.05) is 12.6 Å². The molecular formula is C22H24N4O4S. The van der Waals surface area contributed by atoms with E-state index in [1.165, 1.54) is 17.7 Å². The molecule has 3 aromatic rings. The minimum atomic E-state index is -1.09. The average Bonchev–Trinajstić information content (AvgIpc) is 3.30. The molecule has 3 N–H and O–H groups in total. The van der Waals surface area contributed by atoms with Crippen molar-refractivity contribution in [1.82, 2.24) is 15.2 Å². The molecule has 0 aliphatic rings. The fourth-order valence-corrected chi connectivity index (χ4v) is 3.76. The highest BCUT2D eigenvalue weighted by Gasteiger charge is 2.21. The summed E-state index contributed by atoms with van der Waals surface area (Å²) >= 11 is 0.856. The van der Waals surface area contributed by atoms with Crippen molar-refractivity contribution in [2.24, 2.45) is 12.1 Å². The van der Waals surface area contributed by atoms with Gasteiger partial charge in [-0.15, -0.1) is 11.3 Å². The van der Waals surface area contributed by atoms with Crippen LogP contribution in [-0.4, -0.2) is 37.6 Å². The van der Waals surface area contributed by atoms with Crippen LogP contribution in [0.15, 0.2) is 41.5 Å². The van der Waals surface area contributed by atoms with E-state index < -0.39 is 11.9 Å². The number of amides is 1. The van der Waals surface area contributed by atoms with E-state index in [4.69, 9.17) is 5.11 Å². The quantitative estimate of drug-likeness (QED) is 0.409. The summed E-state index contributed by atoms with van der Waals surface area (Å²) in [6, 6.07) is 10.7. The molecule has 0 aliphatic heterocycles. The Bertz CT molecular complexity index is 1170. The number of hydrogen-bond donors (Lipinski definition) is 3. The fraction of sp³-hybridized carbons (Fsp3) is 0.273. The molecule has 0 unspecified atom stereocenters. The Morgan fingerprint density at radius 1 is 1.10 bits per heavy atom. The Labute approximate surface area is 183 Å². The first-order valence-corrected chi connectivity index (χ1v) is 10.4. The number of aryl methyl sites for hydroxylation is 1. The summed E-state index contributed by atoms with van der Waals surface area (Å²) in [5.74, 6) is -1.67. The first-order valence-electron chi connectivity index (χ1n) is 9.54. The first-order chi connectivity index (χ1) is 14.5. The molecule has 3 rings (SSSR count). The van der Waals surface area contributed by atoms with Gasteiger partial charge in [-0.1, -0.05) is 45.0 Å². The normalized spacial score (nSPS) is 12.1. The maximum absolute atomic E-state index is 12.2. The van der Waals surface area contributed by atoms with Crippen molar-refractivity contribution in [3.8, 4) is 17.0 Å². The van der Waals surface area contributed by atoms with Gasteiger partial charge in [0.25, 0.3) is 5.91 Å². The lowest BCUT2D eigenvalue weighted by Gasteiger charge is -2.19. The number of carboxylic acid groups (broad SMARTS) is 1. The zero-order chi connectivity index (χ0) is 22.9. The number of carbonyl (C=O) groups excluding carboxylic acids is 1. The lowest BCUT2D eigenvalue weighted by Crippen LogP contribution is -2.18. The second-order valence-corrected chi connectivity index (χ2v) is 9.19. The number of hydrogen-bond acceptors (Lipinski definition) is 6. The van der Waals surface area contributed by atoms with Gasteiger partial charge in [0.2, 0.25) is 0 Å². The Balaban J connectivity index is 1.83. The molecule has 9 heteroatoms. The van der Waals surface area contributed by atoms with E-state index in [9.17, 15) is 14.7 Å². The molecule has 1 aromatic carbocycles. The molecule has 0 saturated carbocycles. The van der Waals surface area contributed by atoms with Crippen LogP contribution in [0.3, 0.4) is 0 Å². The molecule has 0 radical (unpaired) electrons. The Morgan fingerprint density at radius 3 is 2.26 bits per heavy atom. The summed E-state index contributed by atoms with van der Waals surface area (Å²) < 4.78 is 1.57. The molecule has 0 spiro atoms. The summed E-state index contributed by atoms with van der Waals surface area (Å²) in [6.45, 7) is 8.02. The number of thiophene rings is 1. The zero-order valence-electron chi connectivity index (χ0n) is 17.9. The van der Waals surface area contributed by atoms with Crippen LogP contribution in [0.1, 0.15) is 58.3 Å². The molecule has 0 bridgehead atoms. The lowest BCUT2D eigenvalue weighted by molar-refractivity contribution is 0.0702. The fourth-order valence-electron chi connectivity index (χ4n) is 3.03. The van der Waals surface area contributed by atoms with E-state index in [2.05, 4.69) is 36.4 Å². The van der Waals surface area contributed by atoms with Crippen LogP contribution >= 0.6 is 11.3 Å². The number of aromatic nitrogens is 2. The summed E-state index contributed by atoms with van der Waals surface area (Å²) in [5.41, 5.74) is 5.49. The summed E-state index contributed by atoms with van der Waals surface area (Å²) in [7, 11) is 1.72. The molecule has 1 amide bonds. The van der Waals surface area contributed by atoms with Crippen molar-refractivity contribution < 1.29 is 19.8 Å². The number of nitrogens with one attached hydrogen (secondary N) is 1. The maximum Gasteiger partial charge on any atom is 0.345 e. The number of nitrogens with zero attached hydrogens (tertiary/aromatic N) is 3. The first kappa shape index (κ1) is 22.2. The number of rotatable bonds is 5. The van der Waals surface area contributed by atoms with Crippen molar-refractivity contribution in [1.29, 1.82) is 0 Å². The van der Waals surface area contributed by atoms with Crippen LogP contribution in [0, 0.1) is 0 Å². The van der Waals surface area contributed by atoms with Gasteiger partial charge in [-0.05, 0) is 30.0 Å². The van der Waals surface area contributed by atoms with E-state index in [1.807, 2.05) is 24.3 Å². The third-order valence-electron chi connectivity index (χ3n) is 4.76. The van der Waals surface area contributed by atoms with Gasteiger partial charge in [-0.25, -0.2) is 10.2 Å². The Hall–Kier alpha value is -3.46. The Morgan fingerprint density at radius 2 is 1.71 bits per heavy atom. The largest absolute Gasteiger partial charge is 0.504 e. The number of carboxylic acids is 1. The molecular weight excluding hydrogens is 416 g/mol. The van der Waals surface area contributed by atoms with E-state index in [0.717, 1.165) is 16.9 Å². The summed E-state index contributed by atoms with van der Waals surface area (Å²) in [6.07, 6.45) is 0.